The second-order valence-corrected chi connectivity index (χ2v) is 8.30. The van der Waals surface area contributed by atoms with E-state index in [9.17, 15) is 14.7 Å². The van der Waals surface area contributed by atoms with Crippen molar-refractivity contribution in [1.82, 2.24) is 4.90 Å². The Labute approximate surface area is 184 Å². The summed E-state index contributed by atoms with van der Waals surface area (Å²) in [5, 5.41) is 12.7. The van der Waals surface area contributed by atoms with E-state index in [2.05, 4.69) is 0 Å². The predicted molar refractivity (Wildman–Crippen MR) is 116 cm³/mol. The smallest absolute Gasteiger partial charge is 0.262 e. The third kappa shape index (κ3) is 3.86. The summed E-state index contributed by atoms with van der Waals surface area (Å²) in [6.45, 7) is 0.103. The van der Waals surface area contributed by atoms with Crippen LogP contribution >= 0.6 is 23.2 Å². The third-order valence-corrected chi connectivity index (χ3v) is 5.88. The van der Waals surface area contributed by atoms with Gasteiger partial charge >= 0.3 is 0 Å². The van der Waals surface area contributed by atoms with Gasteiger partial charge in [-0.25, -0.2) is 0 Å². The van der Waals surface area contributed by atoms with Crippen LogP contribution in [0.3, 0.4) is 0 Å². The Kier molecular flexibility index (Phi) is 5.65. The highest BCUT2D eigenvalue weighted by Crippen LogP contribution is 2.41. The minimum Gasteiger partial charge on any atom is -0.378 e. The molecule has 1 aliphatic heterocycles. The largest absolute Gasteiger partial charge is 0.378 e. The van der Waals surface area contributed by atoms with E-state index in [1.807, 2.05) is 30.3 Å². The van der Waals surface area contributed by atoms with Gasteiger partial charge in [-0.05, 0) is 41.0 Å². The van der Waals surface area contributed by atoms with E-state index in [1.165, 1.54) is 0 Å². The standard InChI is InChI=1S/C24H19Cl2NO3/c25-19-10-6-16(7-11-19)14-24(30)21(18-8-12-20(26)13-9-18)22(28)27(23(24)29)15-17-4-2-1-3-5-17/h1-13,21,30H,14-15H2/t21-,24-/m0/s1. The van der Waals surface area contributed by atoms with Crippen LogP contribution in [0, 0.1) is 0 Å². The van der Waals surface area contributed by atoms with Crippen molar-refractivity contribution < 1.29 is 14.7 Å². The molecule has 0 aromatic heterocycles. The van der Waals surface area contributed by atoms with Crippen LogP contribution in [-0.2, 0) is 22.6 Å². The zero-order chi connectivity index (χ0) is 21.3. The highest BCUT2D eigenvalue weighted by molar-refractivity contribution is 6.30. The number of likely N-dealkylation sites (tertiary alicyclic amines) is 1. The topological polar surface area (TPSA) is 57.6 Å². The lowest BCUT2D eigenvalue weighted by atomic mass is 9.80. The second-order valence-electron chi connectivity index (χ2n) is 7.43. The highest BCUT2D eigenvalue weighted by atomic mass is 35.5. The van der Waals surface area contributed by atoms with Crippen LogP contribution in [0.5, 0.6) is 0 Å². The van der Waals surface area contributed by atoms with E-state index < -0.39 is 23.3 Å². The second kappa shape index (κ2) is 8.23. The Morgan fingerprint density at radius 1 is 0.800 bits per heavy atom. The molecule has 1 heterocycles. The molecule has 0 aliphatic carbocycles. The van der Waals surface area contributed by atoms with Gasteiger partial charge in [0, 0.05) is 16.5 Å². The summed E-state index contributed by atoms with van der Waals surface area (Å²) in [6.07, 6.45) is -0.00662. The minimum absolute atomic E-state index is 0.00662. The third-order valence-electron chi connectivity index (χ3n) is 5.38. The van der Waals surface area contributed by atoms with Crippen molar-refractivity contribution in [1.29, 1.82) is 0 Å². The molecule has 30 heavy (non-hydrogen) atoms. The van der Waals surface area contributed by atoms with Gasteiger partial charge in [0.1, 0.15) is 5.92 Å². The first kappa shape index (κ1) is 20.6. The number of imide groups is 1. The molecule has 1 saturated heterocycles. The van der Waals surface area contributed by atoms with Crippen LogP contribution in [0.15, 0.2) is 78.9 Å². The maximum absolute atomic E-state index is 13.4. The lowest BCUT2D eigenvalue weighted by Gasteiger charge is -2.26. The first-order valence-electron chi connectivity index (χ1n) is 9.50. The van der Waals surface area contributed by atoms with Gasteiger partial charge in [0.05, 0.1) is 6.54 Å². The maximum atomic E-state index is 13.4. The fourth-order valence-corrected chi connectivity index (χ4v) is 4.15. The van der Waals surface area contributed by atoms with E-state index in [0.717, 1.165) is 10.5 Å². The number of aliphatic hydroxyl groups is 1. The van der Waals surface area contributed by atoms with Crippen molar-refractivity contribution in [3.05, 3.63) is 106 Å². The summed E-state index contributed by atoms with van der Waals surface area (Å²) in [5.74, 6) is -2.06. The predicted octanol–water partition coefficient (Wildman–Crippen LogP) is 4.62. The SMILES string of the molecule is O=C1[C@H](c2ccc(Cl)cc2)[C@@](O)(Cc2ccc(Cl)cc2)C(=O)N1Cc1ccccc1. The van der Waals surface area contributed by atoms with Gasteiger partial charge < -0.3 is 5.11 Å². The molecule has 152 valence electrons. The molecule has 1 N–H and O–H groups in total. The van der Waals surface area contributed by atoms with Crippen molar-refractivity contribution in [2.24, 2.45) is 0 Å². The molecule has 4 rings (SSSR count). The fourth-order valence-electron chi connectivity index (χ4n) is 3.90. The van der Waals surface area contributed by atoms with Crippen LogP contribution in [-0.4, -0.2) is 27.4 Å². The molecule has 6 heteroatoms. The highest BCUT2D eigenvalue weighted by Gasteiger charge is 2.58. The van der Waals surface area contributed by atoms with Gasteiger partial charge in [-0.15, -0.1) is 0 Å². The summed E-state index contributed by atoms with van der Waals surface area (Å²) in [6, 6.07) is 22.8. The van der Waals surface area contributed by atoms with Gasteiger partial charge in [-0.2, -0.15) is 0 Å². The molecule has 0 unspecified atom stereocenters. The number of halogens is 2. The molecular formula is C24H19Cl2NO3. The summed E-state index contributed by atoms with van der Waals surface area (Å²) in [7, 11) is 0. The Morgan fingerprint density at radius 3 is 1.97 bits per heavy atom. The number of benzene rings is 3. The average molecular weight is 440 g/mol. The van der Waals surface area contributed by atoms with Crippen LogP contribution < -0.4 is 0 Å². The number of hydrogen-bond acceptors (Lipinski definition) is 3. The van der Waals surface area contributed by atoms with E-state index in [4.69, 9.17) is 23.2 Å². The van der Waals surface area contributed by atoms with Crippen molar-refractivity contribution in [3.63, 3.8) is 0 Å². The lowest BCUT2D eigenvalue weighted by Crippen LogP contribution is -2.44. The van der Waals surface area contributed by atoms with Gasteiger partial charge in [0.2, 0.25) is 5.91 Å². The summed E-state index contributed by atoms with van der Waals surface area (Å²) < 4.78 is 0. The fraction of sp³-hybridized carbons (Fsp3) is 0.167. The zero-order valence-electron chi connectivity index (χ0n) is 16.0. The maximum Gasteiger partial charge on any atom is 0.262 e. The molecule has 3 aromatic rings. The molecular weight excluding hydrogens is 421 g/mol. The molecule has 0 bridgehead atoms. The zero-order valence-corrected chi connectivity index (χ0v) is 17.5. The van der Waals surface area contributed by atoms with Crippen molar-refractivity contribution in [2.75, 3.05) is 0 Å². The van der Waals surface area contributed by atoms with Crippen molar-refractivity contribution in [2.45, 2.75) is 24.5 Å². The lowest BCUT2D eigenvalue weighted by molar-refractivity contribution is -0.146. The van der Waals surface area contributed by atoms with E-state index in [0.29, 0.717) is 21.2 Å². The molecule has 4 nitrogen and oxygen atoms in total. The van der Waals surface area contributed by atoms with Crippen molar-refractivity contribution in [3.8, 4) is 0 Å². The molecule has 2 amide bonds. The number of carbonyl (C=O) groups excluding carboxylic acids is 2. The Bertz CT molecular complexity index is 1070. The van der Waals surface area contributed by atoms with Crippen LogP contribution in [0.2, 0.25) is 10.0 Å². The Balaban J connectivity index is 1.74. The van der Waals surface area contributed by atoms with E-state index in [1.54, 1.807) is 48.5 Å². The Hall–Kier alpha value is -2.66. The molecule has 3 aromatic carbocycles. The molecule has 2 atom stereocenters. The average Bonchev–Trinajstić information content (AvgIpc) is 2.92. The first-order valence-corrected chi connectivity index (χ1v) is 10.3. The van der Waals surface area contributed by atoms with Crippen LogP contribution in [0.4, 0.5) is 0 Å². The summed E-state index contributed by atoms with van der Waals surface area (Å²) in [4.78, 5) is 27.9. The molecule has 1 aliphatic rings. The van der Waals surface area contributed by atoms with Crippen molar-refractivity contribution >= 4 is 35.0 Å². The number of nitrogens with zero attached hydrogens (tertiary/aromatic N) is 1. The normalized spacial score (nSPS) is 21.3. The van der Waals surface area contributed by atoms with E-state index in [-0.39, 0.29) is 13.0 Å². The Morgan fingerprint density at radius 2 is 1.37 bits per heavy atom. The van der Waals surface area contributed by atoms with Crippen LogP contribution in [0.1, 0.15) is 22.6 Å². The van der Waals surface area contributed by atoms with Gasteiger partial charge in [-0.1, -0.05) is 77.8 Å². The van der Waals surface area contributed by atoms with Gasteiger partial charge in [-0.3, -0.25) is 14.5 Å². The minimum atomic E-state index is -1.91. The number of hydrogen-bond donors (Lipinski definition) is 1. The molecule has 0 spiro atoms. The number of carbonyl (C=O) groups is 2. The number of rotatable bonds is 5. The van der Waals surface area contributed by atoms with Gasteiger partial charge in [0.25, 0.3) is 5.91 Å². The summed E-state index contributed by atoms with van der Waals surface area (Å²) in [5.41, 5.74) is 0.159. The van der Waals surface area contributed by atoms with E-state index >= 15 is 0 Å². The van der Waals surface area contributed by atoms with Crippen LogP contribution in [0.25, 0.3) is 0 Å². The molecule has 0 radical (unpaired) electrons. The quantitative estimate of drug-likeness (QED) is 0.590. The molecule has 1 fully saturated rings. The number of amides is 2. The summed E-state index contributed by atoms with van der Waals surface area (Å²) >= 11 is 12.0. The first-order chi connectivity index (χ1) is 14.4. The van der Waals surface area contributed by atoms with Gasteiger partial charge in [0.15, 0.2) is 5.60 Å². The molecule has 0 saturated carbocycles. The monoisotopic (exact) mass is 439 g/mol.